The Hall–Kier alpha value is -1.34. The van der Waals surface area contributed by atoms with Gasteiger partial charge >= 0.3 is 0 Å². The SMILES string of the molecule is CN=C(NC1CCN(CC(=O)N(C)C)CC1)NC1C2CCOC2C12CCCC2. The van der Waals surface area contributed by atoms with Gasteiger partial charge in [0.1, 0.15) is 0 Å². The van der Waals surface area contributed by atoms with Gasteiger partial charge in [-0.25, -0.2) is 0 Å². The predicted molar refractivity (Wildman–Crippen MR) is 110 cm³/mol. The number of amides is 1. The van der Waals surface area contributed by atoms with Crippen molar-refractivity contribution in [2.75, 3.05) is 47.4 Å². The van der Waals surface area contributed by atoms with E-state index >= 15 is 0 Å². The summed E-state index contributed by atoms with van der Waals surface area (Å²) in [6.07, 6.45) is 9.01. The Morgan fingerprint density at radius 1 is 1.18 bits per heavy atom. The molecule has 0 aromatic carbocycles. The van der Waals surface area contributed by atoms with Crippen LogP contribution in [0.1, 0.15) is 44.9 Å². The Morgan fingerprint density at radius 2 is 1.89 bits per heavy atom. The van der Waals surface area contributed by atoms with Gasteiger partial charge in [0.05, 0.1) is 12.6 Å². The number of rotatable bonds is 4. The van der Waals surface area contributed by atoms with Crippen molar-refractivity contribution in [1.82, 2.24) is 20.4 Å². The average molecular weight is 392 g/mol. The van der Waals surface area contributed by atoms with Crippen LogP contribution in [-0.2, 0) is 9.53 Å². The van der Waals surface area contributed by atoms with Crippen LogP contribution >= 0.6 is 0 Å². The van der Waals surface area contributed by atoms with Crippen LogP contribution in [0.4, 0.5) is 0 Å². The van der Waals surface area contributed by atoms with Gasteiger partial charge in [0.15, 0.2) is 5.96 Å². The maximum absolute atomic E-state index is 11.9. The minimum atomic E-state index is 0.184. The van der Waals surface area contributed by atoms with Crippen LogP contribution in [0.5, 0.6) is 0 Å². The first-order valence-corrected chi connectivity index (χ1v) is 11.1. The van der Waals surface area contributed by atoms with Crippen molar-refractivity contribution in [3.63, 3.8) is 0 Å². The van der Waals surface area contributed by atoms with Gasteiger partial charge in [-0.1, -0.05) is 12.8 Å². The lowest BCUT2D eigenvalue weighted by molar-refractivity contribution is -0.130. The van der Waals surface area contributed by atoms with E-state index in [1.54, 1.807) is 4.90 Å². The second kappa shape index (κ2) is 8.19. The van der Waals surface area contributed by atoms with E-state index in [1.165, 1.54) is 32.1 Å². The number of carbonyl (C=O) groups is 1. The molecular formula is C21H37N5O2. The van der Waals surface area contributed by atoms with Crippen LogP contribution < -0.4 is 10.6 Å². The zero-order valence-electron chi connectivity index (χ0n) is 17.7. The van der Waals surface area contributed by atoms with Gasteiger partial charge in [-0.2, -0.15) is 0 Å². The van der Waals surface area contributed by atoms with Crippen molar-refractivity contribution in [1.29, 1.82) is 0 Å². The molecule has 2 heterocycles. The highest BCUT2D eigenvalue weighted by Crippen LogP contribution is 2.60. The van der Waals surface area contributed by atoms with E-state index < -0.39 is 0 Å². The molecule has 1 spiro atoms. The number of hydrogen-bond donors (Lipinski definition) is 2. The van der Waals surface area contributed by atoms with Gasteiger partial charge in [-0.05, 0) is 32.1 Å². The summed E-state index contributed by atoms with van der Waals surface area (Å²) in [7, 11) is 5.52. The van der Waals surface area contributed by atoms with Gasteiger partial charge in [-0.3, -0.25) is 14.7 Å². The topological polar surface area (TPSA) is 69.2 Å². The number of carbonyl (C=O) groups excluding carboxylic acids is 1. The highest BCUT2D eigenvalue weighted by Gasteiger charge is 2.65. The molecule has 0 bridgehead atoms. The summed E-state index contributed by atoms with van der Waals surface area (Å²) < 4.78 is 6.11. The molecule has 1 amide bonds. The average Bonchev–Trinajstić information content (AvgIpc) is 3.35. The lowest BCUT2D eigenvalue weighted by Gasteiger charge is -2.57. The maximum Gasteiger partial charge on any atom is 0.236 e. The molecule has 4 aliphatic rings. The molecule has 2 saturated heterocycles. The van der Waals surface area contributed by atoms with Crippen molar-refractivity contribution >= 4 is 11.9 Å². The van der Waals surface area contributed by atoms with Crippen LogP contribution in [-0.4, -0.2) is 87.2 Å². The molecule has 3 atom stereocenters. The number of piperidine rings is 1. The van der Waals surface area contributed by atoms with E-state index in [0.29, 0.717) is 36.1 Å². The van der Waals surface area contributed by atoms with Crippen LogP contribution in [0.15, 0.2) is 4.99 Å². The molecule has 0 aromatic heterocycles. The van der Waals surface area contributed by atoms with Crippen LogP contribution in [0, 0.1) is 11.3 Å². The second-order valence-corrected chi connectivity index (χ2v) is 9.36. The molecule has 158 valence electrons. The van der Waals surface area contributed by atoms with Gasteiger partial charge in [0.25, 0.3) is 0 Å². The maximum atomic E-state index is 11.9. The Kier molecular flexibility index (Phi) is 5.83. The van der Waals surface area contributed by atoms with Crippen LogP contribution in [0.3, 0.4) is 0 Å². The zero-order chi connectivity index (χ0) is 19.7. The molecule has 4 fully saturated rings. The minimum absolute atomic E-state index is 0.184. The number of likely N-dealkylation sites (N-methyl/N-ethyl adjacent to an activating group) is 1. The van der Waals surface area contributed by atoms with E-state index in [0.717, 1.165) is 38.5 Å². The molecule has 3 unspecified atom stereocenters. The van der Waals surface area contributed by atoms with Crippen molar-refractivity contribution in [2.24, 2.45) is 16.3 Å². The molecule has 7 nitrogen and oxygen atoms in total. The summed E-state index contributed by atoms with van der Waals surface area (Å²) in [5.74, 6) is 1.78. The normalized spacial score (nSPS) is 32.8. The number of guanidine groups is 1. The molecule has 2 aliphatic carbocycles. The Morgan fingerprint density at radius 3 is 2.54 bits per heavy atom. The number of hydrogen-bond acceptors (Lipinski definition) is 4. The van der Waals surface area contributed by atoms with E-state index in [2.05, 4.69) is 20.5 Å². The fourth-order valence-electron chi connectivity index (χ4n) is 5.98. The van der Waals surface area contributed by atoms with Gasteiger partial charge in [-0.15, -0.1) is 0 Å². The van der Waals surface area contributed by atoms with Gasteiger partial charge in [0, 0.05) is 64.3 Å². The summed E-state index contributed by atoms with van der Waals surface area (Å²) >= 11 is 0. The third kappa shape index (κ3) is 3.63. The molecule has 4 rings (SSSR count). The Labute approximate surface area is 169 Å². The molecule has 0 aromatic rings. The van der Waals surface area contributed by atoms with Crippen molar-refractivity contribution in [2.45, 2.75) is 63.1 Å². The van der Waals surface area contributed by atoms with Crippen molar-refractivity contribution in [3.05, 3.63) is 0 Å². The van der Waals surface area contributed by atoms with E-state index in [-0.39, 0.29) is 5.91 Å². The summed E-state index contributed by atoms with van der Waals surface area (Å²) in [4.78, 5) is 20.4. The zero-order valence-corrected chi connectivity index (χ0v) is 17.7. The molecule has 2 aliphatic heterocycles. The number of nitrogens with zero attached hydrogens (tertiary/aromatic N) is 3. The number of aliphatic imine (C=N–C) groups is 1. The minimum Gasteiger partial charge on any atom is -0.377 e. The number of likely N-dealkylation sites (tertiary alicyclic amines) is 1. The fourth-order valence-corrected chi connectivity index (χ4v) is 5.98. The monoisotopic (exact) mass is 391 g/mol. The fraction of sp³-hybridized carbons (Fsp3) is 0.905. The number of ether oxygens (including phenoxy) is 1. The molecule has 2 saturated carbocycles. The van der Waals surface area contributed by atoms with E-state index in [9.17, 15) is 4.79 Å². The highest BCUT2D eigenvalue weighted by molar-refractivity contribution is 5.80. The summed E-state index contributed by atoms with van der Waals surface area (Å²) in [6, 6.07) is 0.929. The van der Waals surface area contributed by atoms with Gasteiger partial charge < -0.3 is 20.3 Å². The first kappa shape index (κ1) is 20.0. The van der Waals surface area contributed by atoms with E-state index in [1.807, 2.05) is 21.1 Å². The smallest absolute Gasteiger partial charge is 0.236 e. The lowest BCUT2D eigenvalue weighted by Crippen LogP contribution is -2.69. The van der Waals surface area contributed by atoms with Crippen molar-refractivity contribution in [3.8, 4) is 0 Å². The molecule has 7 heteroatoms. The second-order valence-electron chi connectivity index (χ2n) is 9.36. The molecule has 2 N–H and O–H groups in total. The lowest BCUT2D eigenvalue weighted by atomic mass is 9.54. The third-order valence-electron chi connectivity index (χ3n) is 7.59. The van der Waals surface area contributed by atoms with E-state index in [4.69, 9.17) is 4.74 Å². The number of fused-ring (bicyclic) bond motifs is 2. The first-order chi connectivity index (χ1) is 13.5. The standard InChI is InChI=1S/C21H37N5O2/c1-22-20(23-15-6-11-26(12-7-15)14-17(27)25(2)3)24-18-16-8-13-28-19(16)21(18)9-4-5-10-21/h15-16,18-19H,4-14H2,1-3H3,(H2,22,23,24). The number of nitrogens with one attached hydrogen (secondary N) is 2. The largest absolute Gasteiger partial charge is 0.377 e. The van der Waals surface area contributed by atoms with Crippen LogP contribution in [0.25, 0.3) is 0 Å². The molecule has 0 radical (unpaired) electrons. The quantitative estimate of drug-likeness (QED) is 0.554. The van der Waals surface area contributed by atoms with Crippen LogP contribution in [0.2, 0.25) is 0 Å². The van der Waals surface area contributed by atoms with Crippen molar-refractivity contribution < 1.29 is 9.53 Å². The summed E-state index contributed by atoms with van der Waals surface area (Å²) in [5.41, 5.74) is 0.342. The third-order valence-corrected chi connectivity index (χ3v) is 7.59. The molecular weight excluding hydrogens is 354 g/mol. The highest BCUT2D eigenvalue weighted by atomic mass is 16.5. The Balaban J connectivity index is 1.28. The Bertz CT molecular complexity index is 594. The summed E-state index contributed by atoms with van der Waals surface area (Å²) in [6.45, 7) is 3.37. The predicted octanol–water partition coefficient (Wildman–Crippen LogP) is 1.05. The first-order valence-electron chi connectivity index (χ1n) is 11.1. The summed E-state index contributed by atoms with van der Waals surface area (Å²) in [5, 5.41) is 7.46. The molecule has 28 heavy (non-hydrogen) atoms. The van der Waals surface area contributed by atoms with Gasteiger partial charge in [0.2, 0.25) is 5.91 Å².